The molecule has 10 heteroatoms. The first kappa shape index (κ1) is 26.4. The number of benzene rings is 1. The summed E-state index contributed by atoms with van der Waals surface area (Å²) >= 11 is 6.63. The molecule has 3 aromatic heterocycles. The van der Waals surface area contributed by atoms with Crippen molar-refractivity contribution in [2.75, 3.05) is 18.0 Å². The van der Waals surface area contributed by atoms with E-state index in [-0.39, 0.29) is 11.5 Å². The van der Waals surface area contributed by atoms with Crippen LogP contribution >= 0.6 is 11.6 Å². The van der Waals surface area contributed by atoms with Crippen molar-refractivity contribution in [2.24, 2.45) is 0 Å². The number of aryl methyl sites for hydroxylation is 1. The van der Waals surface area contributed by atoms with Crippen molar-refractivity contribution in [3.63, 3.8) is 0 Å². The van der Waals surface area contributed by atoms with E-state index in [9.17, 15) is 13.6 Å². The second-order valence-corrected chi connectivity index (χ2v) is 11.9. The third-order valence-electron chi connectivity index (χ3n) is 9.06. The number of nitrogens with zero attached hydrogens (tertiary/aromatic N) is 6. The van der Waals surface area contributed by atoms with Crippen LogP contribution < -0.4 is 4.90 Å². The van der Waals surface area contributed by atoms with Crippen LogP contribution in [0.4, 0.5) is 20.3 Å². The molecule has 3 aliphatic rings. The van der Waals surface area contributed by atoms with Crippen LogP contribution in [0.15, 0.2) is 36.8 Å². The lowest BCUT2D eigenvalue weighted by Crippen LogP contribution is -2.35. The number of alkyl halides is 2. The summed E-state index contributed by atoms with van der Waals surface area (Å²) in [5, 5.41) is 5.61. The lowest BCUT2D eigenvalue weighted by atomic mass is 9.92. The summed E-state index contributed by atoms with van der Waals surface area (Å²) in [6.45, 7) is 3.47. The topological polar surface area (TPSA) is 58.7 Å². The van der Waals surface area contributed by atoms with Gasteiger partial charge in [-0.3, -0.25) is 9.48 Å². The molecule has 0 bridgehead atoms. The Labute approximate surface area is 242 Å². The minimum absolute atomic E-state index is 0.0435. The molecule has 1 saturated carbocycles. The number of fused-ring (bicyclic) bond motifs is 3. The fourth-order valence-corrected chi connectivity index (χ4v) is 7.23. The second kappa shape index (κ2) is 10.4. The maximum atomic E-state index is 14.7. The summed E-state index contributed by atoms with van der Waals surface area (Å²) in [6, 6.07) is 5.64. The average molecular weight is 579 g/mol. The predicted octanol–water partition coefficient (Wildman–Crippen LogP) is 7.28. The zero-order chi connectivity index (χ0) is 28.2. The van der Waals surface area contributed by atoms with Gasteiger partial charge < -0.3 is 14.2 Å². The van der Waals surface area contributed by atoms with Gasteiger partial charge in [-0.15, -0.1) is 0 Å². The number of carbonyl (C=O) groups excluding carboxylic acids is 1. The molecule has 0 radical (unpaired) electrons. The van der Waals surface area contributed by atoms with Crippen LogP contribution in [0.3, 0.4) is 0 Å². The highest BCUT2D eigenvalue weighted by Crippen LogP contribution is 2.45. The second-order valence-electron chi connectivity index (χ2n) is 11.5. The number of hydrogen-bond acceptors (Lipinski definition) is 4. The number of hydrogen-bond donors (Lipinski definition) is 0. The maximum Gasteiger partial charge on any atom is 0.264 e. The molecule has 0 spiro atoms. The molecule has 1 amide bonds. The maximum absolute atomic E-state index is 14.7. The van der Waals surface area contributed by atoms with E-state index >= 15 is 0 Å². The van der Waals surface area contributed by atoms with Gasteiger partial charge in [-0.25, -0.2) is 13.8 Å². The number of rotatable bonds is 4. The zero-order valence-electron chi connectivity index (χ0n) is 23.1. The van der Waals surface area contributed by atoms with E-state index in [1.807, 2.05) is 11.0 Å². The molecule has 7 nitrogen and oxygen atoms in total. The zero-order valence-corrected chi connectivity index (χ0v) is 23.9. The monoisotopic (exact) mass is 578 g/mol. The van der Waals surface area contributed by atoms with Crippen molar-refractivity contribution >= 4 is 34.7 Å². The van der Waals surface area contributed by atoms with E-state index in [1.165, 1.54) is 25.0 Å². The van der Waals surface area contributed by atoms with Crippen LogP contribution in [-0.4, -0.2) is 43.1 Å². The van der Waals surface area contributed by atoms with Crippen molar-refractivity contribution in [3.8, 4) is 11.1 Å². The number of carbonyl (C=O) groups is 1. The fourth-order valence-electron chi connectivity index (χ4n) is 6.97. The Balaban J connectivity index is 1.36. The van der Waals surface area contributed by atoms with Gasteiger partial charge in [0, 0.05) is 73.1 Å². The molecular weight excluding hydrogens is 546 g/mol. The summed E-state index contributed by atoms with van der Waals surface area (Å²) in [6.07, 6.45) is 10.7. The number of imidazole rings is 1. The van der Waals surface area contributed by atoms with Crippen molar-refractivity contribution in [1.29, 1.82) is 0 Å². The van der Waals surface area contributed by atoms with Crippen LogP contribution in [0.1, 0.15) is 80.3 Å². The van der Waals surface area contributed by atoms with Crippen molar-refractivity contribution in [1.82, 2.24) is 24.1 Å². The molecule has 1 aliphatic carbocycles. The average Bonchev–Trinajstić information content (AvgIpc) is 3.60. The third-order valence-corrected chi connectivity index (χ3v) is 9.36. The van der Waals surface area contributed by atoms with Crippen LogP contribution in [0, 0.1) is 0 Å². The first-order chi connectivity index (χ1) is 19.9. The summed E-state index contributed by atoms with van der Waals surface area (Å²) in [5.74, 6) is 0.851. The summed E-state index contributed by atoms with van der Waals surface area (Å²) in [4.78, 5) is 20.7. The number of pyridine rings is 1. The molecule has 1 aromatic carbocycles. The van der Waals surface area contributed by atoms with E-state index in [0.717, 1.165) is 54.7 Å². The highest BCUT2D eigenvalue weighted by atomic mass is 35.5. The van der Waals surface area contributed by atoms with Crippen molar-refractivity contribution in [2.45, 2.75) is 77.3 Å². The summed E-state index contributed by atoms with van der Waals surface area (Å²) < 4.78 is 33.4. The van der Waals surface area contributed by atoms with E-state index in [1.54, 1.807) is 42.0 Å². The van der Waals surface area contributed by atoms with Gasteiger partial charge >= 0.3 is 0 Å². The Kier molecular flexibility index (Phi) is 6.72. The van der Waals surface area contributed by atoms with Gasteiger partial charge in [-0.2, -0.15) is 5.10 Å². The number of aromatic nitrogens is 4. The first-order valence-corrected chi connectivity index (χ1v) is 15.0. The minimum Gasteiger partial charge on any atom is -0.338 e. The molecular formula is C31H33ClF2N6O. The predicted molar refractivity (Wildman–Crippen MR) is 155 cm³/mol. The molecule has 0 unspecified atom stereocenters. The number of amides is 1. The van der Waals surface area contributed by atoms with E-state index in [0.29, 0.717) is 47.5 Å². The van der Waals surface area contributed by atoms with Gasteiger partial charge in [0.05, 0.1) is 17.6 Å². The Morgan fingerprint density at radius 1 is 1.05 bits per heavy atom. The van der Waals surface area contributed by atoms with Crippen molar-refractivity contribution in [3.05, 3.63) is 64.2 Å². The Morgan fingerprint density at radius 3 is 2.66 bits per heavy atom. The molecule has 0 N–H and O–H groups in total. The smallest absolute Gasteiger partial charge is 0.264 e. The highest BCUT2D eigenvalue weighted by molar-refractivity contribution is 6.33. The van der Waals surface area contributed by atoms with Crippen LogP contribution in [-0.2, 0) is 24.2 Å². The summed E-state index contributed by atoms with van der Waals surface area (Å²) in [7, 11) is 0. The molecule has 4 aromatic rings. The molecule has 7 rings (SSSR count). The quantitative estimate of drug-likeness (QED) is 0.255. The van der Waals surface area contributed by atoms with Crippen molar-refractivity contribution < 1.29 is 13.6 Å². The van der Waals surface area contributed by atoms with E-state index in [2.05, 4.69) is 14.6 Å². The van der Waals surface area contributed by atoms with Crippen LogP contribution in [0.2, 0.25) is 5.02 Å². The van der Waals surface area contributed by atoms with Crippen LogP contribution in [0.25, 0.3) is 16.8 Å². The molecule has 0 atom stereocenters. The Bertz CT molecular complexity index is 1640. The number of halogens is 3. The van der Waals surface area contributed by atoms with Gasteiger partial charge in [0.25, 0.3) is 6.43 Å². The van der Waals surface area contributed by atoms with Gasteiger partial charge in [-0.1, -0.05) is 30.9 Å². The third kappa shape index (κ3) is 4.58. The van der Waals surface area contributed by atoms with E-state index in [4.69, 9.17) is 16.7 Å². The molecule has 1 fully saturated rings. The molecule has 5 heterocycles. The normalized spacial score (nSPS) is 17.8. The Hall–Kier alpha value is -3.46. The van der Waals surface area contributed by atoms with Gasteiger partial charge in [0.1, 0.15) is 5.65 Å². The summed E-state index contributed by atoms with van der Waals surface area (Å²) in [5.41, 5.74) is 5.60. The Morgan fingerprint density at radius 2 is 1.88 bits per heavy atom. The van der Waals surface area contributed by atoms with Gasteiger partial charge in [0.15, 0.2) is 5.82 Å². The standard InChI is InChI=1S/C31H33ClF2N6O/c1-19(41)37-12-9-27-25(17-37)31(36-40(27)21-7-3-2-4-8-21)39-11-5-6-20-14-22(24(30(33)34)15-28(20)39)23-16-29-35-10-13-38(29)18-26(23)32/h10,13-16,18,21,30H,2-9,11-12,17H2,1H3. The minimum atomic E-state index is -2.69. The molecule has 41 heavy (non-hydrogen) atoms. The lowest BCUT2D eigenvalue weighted by Gasteiger charge is -2.33. The fraction of sp³-hybridized carbons (Fsp3) is 0.452. The van der Waals surface area contributed by atoms with E-state index < -0.39 is 6.43 Å². The lowest BCUT2D eigenvalue weighted by molar-refractivity contribution is -0.129. The first-order valence-electron chi connectivity index (χ1n) is 14.6. The largest absolute Gasteiger partial charge is 0.338 e. The molecule has 0 saturated heterocycles. The SMILES string of the molecule is CC(=O)N1CCc2c(c(N3CCCc4cc(-c5cc6nccn6cc5Cl)c(C(F)F)cc43)nn2C2CCCCC2)C1. The number of anilines is 2. The van der Waals surface area contributed by atoms with Gasteiger partial charge in [0.2, 0.25) is 5.91 Å². The van der Waals surface area contributed by atoms with Crippen LogP contribution in [0.5, 0.6) is 0 Å². The van der Waals surface area contributed by atoms with Gasteiger partial charge in [-0.05, 0) is 55.0 Å². The molecule has 2 aliphatic heterocycles. The molecule has 214 valence electrons. The highest BCUT2D eigenvalue weighted by Gasteiger charge is 2.34.